The summed E-state index contributed by atoms with van der Waals surface area (Å²) in [6, 6.07) is 10.6. The first-order valence-corrected chi connectivity index (χ1v) is 12.2. The number of rotatable bonds is 9. The first kappa shape index (κ1) is 27.4. The van der Waals surface area contributed by atoms with Crippen LogP contribution in [0.25, 0.3) is 11.3 Å². The minimum absolute atomic E-state index is 0.215. The third kappa shape index (κ3) is 5.79. The number of hydrogen-bond donors (Lipinski definition) is 1. The summed E-state index contributed by atoms with van der Waals surface area (Å²) in [4.78, 5) is 16.8. The van der Waals surface area contributed by atoms with Gasteiger partial charge in [0.05, 0.1) is 54.0 Å². The summed E-state index contributed by atoms with van der Waals surface area (Å²) in [6.07, 6.45) is 0. The van der Waals surface area contributed by atoms with E-state index >= 15 is 0 Å². The molecular formula is C27H33N5O7. The second kappa shape index (κ2) is 12.3. The van der Waals surface area contributed by atoms with Crippen molar-refractivity contribution in [2.45, 2.75) is 0 Å². The number of amides is 2. The molecule has 2 heterocycles. The predicted octanol–water partition coefficient (Wildman–Crippen LogP) is 3.55. The number of carbonyl (C=O) groups excluding carboxylic acids is 1. The van der Waals surface area contributed by atoms with E-state index in [0.717, 1.165) is 11.4 Å². The number of urea groups is 1. The number of methoxy groups -OCH3 is 6. The number of aromatic nitrogens is 2. The SMILES string of the molecule is COc1cc(NC(=O)N2CCN(c3ccc(-c4cc(OC)c(OC)c(OC)c4)nn3)CC2)cc(OC)c1OC. The molecule has 208 valence electrons. The summed E-state index contributed by atoms with van der Waals surface area (Å²) < 4.78 is 32.4. The quantitative estimate of drug-likeness (QED) is 0.433. The molecule has 0 spiro atoms. The molecule has 2 aromatic carbocycles. The van der Waals surface area contributed by atoms with Gasteiger partial charge in [-0.25, -0.2) is 4.79 Å². The molecule has 12 nitrogen and oxygen atoms in total. The van der Waals surface area contributed by atoms with Gasteiger partial charge in [0.1, 0.15) is 0 Å². The molecule has 1 aliphatic heterocycles. The van der Waals surface area contributed by atoms with Crippen LogP contribution in [0.5, 0.6) is 34.5 Å². The molecule has 1 fully saturated rings. The van der Waals surface area contributed by atoms with Crippen LogP contribution in [0.4, 0.5) is 16.3 Å². The molecule has 0 bridgehead atoms. The van der Waals surface area contributed by atoms with Crippen LogP contribution < -0.4 is 38.6 Å². The minimum atomic E-state index is -0.215. The molecule has 1 N–H and O–H groups in total. The first-order chi connectivity index (χ1) is 19.0. The summed E-state index contributed by atoms with van der Waals surface area (Å²) in [6.45, 7) is 2.26. The Morgan fingerprint density at radius 2 is 1.21 bits per heavy atom. The molecule has 0 saturated carbocycles. The lowest BCUT2D eigenvalue weighted by molar-refractivity contribution is 0.208. The van der Waals surface area contributed by atoms with Crippen LogP contribution in [0.15, 0.2) is 36.4 Å². The van der Waals surface area contributed by atoms with E-state index in [4.69, 9.17) is 28.4 Å². The molecule has 0 radical (unpaired) electrons. The van der Waals surface area contributed by atoms with Crippen LogP contribution in [-0.4, -0.2) is 90.0 Å². The highest BCUT2D eigenvalue weighted by atomic mass is 16.5. The van der Waals surface area contributed by atoms with Gasteiger partial charge in [0.25, 0.3) is 0 Å². The molecule has 39 heavy (non-hydrogen) atoms. The second-order valence-corrected chi connectivity index (χ2v) is 8.51. The molecule has 12 heteroatoms. The number of nitrogens with one attached hydrogen (secondary N) is 1. The van der Waals surface area contributed by atoms with Crippen molar-refractivity contribution < 1.29 is 33.2 Å². The standard InChI is InChI=1S/C27H33N5O7/c1-34-20-13-17(14-21(35-2)25(20)38-5)19-7-8-24(30-29-19)31-9-11-32(12-10-31)27(33)28-18-15-22(36-3)26(39-6)23(16-18)37-4/h7-8,13-16H,9-12H2,1-6H3,(H,28,33). The van der Waals surface area contributed by atoms with Gasteiger partial charge in [-0.3, -0.25) is 0 Å². The fourth-order valence-corrected chi connectivity index (χ4v) is 4.37. The van der Waals surface area contributed by atoms with Crippen molar-refractivity contribution in [3.05, 3.63) is 36.4 Å². The maximum atomic E-state index is 12.9. The van der Waals surface area contributed by atoms with Crippen molar-refractivity contribution >= 4 is 17.5 Å². The average Bonchev–Trinajstić information content (AvgIpc) is 2.99. The average molecular weight is 540 g/mol. The number of nitrogens with zero attached hydrogens (tertiary/aromatic N) is 4. The molecule has 0 unspecified atom stereocenters. The fraction of sp³-hybridized carbons (Fsp3) is 0.370. The predicted molar refractivity (Wildman–Crippen MR) is 146 cm³/mol. The summed E-state index contributed by atoms with van der Waals surface area (Å²) in [5.41, 5.74) is 2.00. The maximum Gasteiger partial charge on any atom is 0.321 e. The second-order valence-electron chi connectivity index (χ2n) is 8.51. The molecular weight excluding hydrogens is 506 g/mol. The Morgan fingerprint density at radius 1 is 0.692 bits per heavy atom. The molecule has 4 rings (SSSR count). The summed E-state index contributed by atoms with van der Waals surface area (Å²) in [7, 11) is 9.29. The van der Waals surface area contributed by atoms with Crippen molar-refractivity contribution in [3.8, 4) is 45.8 Å². The van der Waals surface area contributed by atoms with Gasteiger partial charge in [0.2, 0.25) is 11.5 Å². The van der Waals surface area contributed by atoms with E-state index < -0.39 is 0 Å². The zero-order chi connectivity index (χ0) is 27.9. The topological polar surface area (TPSA) is 117 Å². The van der Waals surface area contributed by atoms with Crippen LogP contribution in [-0.2, 0) is 0 Å². The molecule has 1 aromatic heterocycles. The Balaban J connectivity index is 1.40. The lowest BCUT2D eigenvalue weighted by atomic mass is 10.1. The number of ether oxygens (including phenoxy) is 6. The molecule has 3 aromatic rings. The van der Waals surface area contributed by atoms with Gasteiger partial charge in [-0.2, -0.15) is 0 Å². The molecule has 1 saturated heterocycles. The molecule has 2 amide bonds. The molecule has 0 atom stereocenters. The van der Waals surface area contributed by atoms with Gasteiger partial charge in [-0.15, -0.1) is 10.2 Å². The number of benzene rings is 2. The number of piperazine rings is 1. The Kier molecular flexibility index (Phi) is 8.64. The van der Waals surface area contributed by atoms with Crippen molar-refractivity contribution in [3.63, 3.8) is 0 Å². The Morgan fingerprint density at radius 3 is 1.64 bits per heavy atom. The Bertz CT molecular complexity index is 1240. The van der Waals surface area contributed by atoms with E-state index in [2.05, 4.69) is 20.4 Å². The smallest absolute Gasteiger partial charge is 0.321 e. The van der Waals surface area contributed by atoms with E-state index in [1.165, 1.54) is 21.3 Å². The van der Waals surface area contributed by atoms with Gasteiger partial charge in [0.15, 0.2) is 28.8 Å². The highest BCUT2D eigenvalue weighted by Crippen LogP contribution is 2.41. The van der Waals surface area contributed by atoms with Crippen LogP contribution >= 0.6 is 0 Å². The lowest BCUT2D eigenvalue weighted by Crippen LogP contribution is -2.50. The number of hydrogen-bond acceptors (Lipinski definition) is 10. The van der Waals surface area contributed by atoms with E-state index in [1.807, 2.05) is 24.3 Å². The largest absolute Gasteiger partial charge is 0.493 e. The van der Waals surface area contributed by atoms with Crippen molar-refractivity contribution in [2.24, 2.45) is 0 Å². The van der Waals surface area contributed by atoms with E-state index in [0.29, 0.717) is 72.1 Å². The zero-order valence-electron chi connectivity index (χ0n) is 22.9. The van der Waals surface area contributed by atoms with Gasteiger partial charge >= 0.3 is 6.03 Å². The highest BCUT2D eigenvalue weighted by molar-refractivity contribution is 5.90. The lowest BCUT2D eigenvalue weighted by Gasteiger charge is -2.35. The van der Waals surface area contributed by atoms with Crippen LogP contribution in [0, 0.1) is 0 Å². The first-order valence-electron chi connectivity index (χ1n) is 12.2. The van der Waals surface area contributed by atoms with Crippen LogP contribution in [0.3, 0.4) is 0 Å². The van der Waals surface area contributed by atoms with Gasteiger partial charge in [-0.05, 0) is 24.3 Å². The van der Waals surface area contributed by atoms with Crippen molar-refractivity contribution in [2.75, 3.05) is 79.1 Å². The highest BCUT2D eigenvalue weighted by Gasteiger charge is 2.24. The van der Waals surface area contributed by atoms with Crippen molar-refractivity contribution in [1.29, 1.82) is 0 Å². The molecule has 1 aliphatic rings. The molecule has 0 aliphatic carbocycles. The Hall–Kier alpha value is -4.61. The number of carbonyl (C=O) groups is 1. The Labute approximate surface area is 227 Å². The monoisotopic (exact) mass is 539 g/mol. The van der Waals surface area contributed by atoms with Gasteiger partial charge < -0.3 is 43.5 Å². The summed E-state index contributed by atoms with van der Waals surface area (Å²) >= 11 is 0. The normalized spacial score (nSPS) is 13.0. The summed E-state index contributed by atoms with van der Waals surface area (Å²) in [5.74, 6) is 3.72. The van der Waals surface area contributed by atoms with E-state index in [9.17, 15) is 4.79 Å². The maximum absolute atomic E-state index is 12.9. The van der Waals surface area contributed by atoms with Gasteiger partial charge in [-0.1, -0.05) is 0 Å². The minimum Gasteiger partial charge on any atom is -0.493 e. The van der Waals surface area contributed by atoms with Crippen LogP contribution in [0.2, 0.25) is 0 Å². The van der Waals surface area contributed by atoms with E-state index in [-0.39, 0.29) is 6.03 Å². The zero-order valence-corrected chi connectivity index (χ0v) is 22.9. The summed E-state index contributed by atoms with van der Waals surface area (Å²) in [5, 5.41) is 11.8. The van der Waals surface area contributed by atoms with Gasteiger partial charge in [0, 0.05) is 43.9 Å². The van der Waals surface area contributed by atoms with Crippen LogP contribution in [0.1, 0.15) is 0 Å². The third-order valence-electron chi connectivity index (χ3n) is 6.42. The third-order valence-corrected chi connectivity index (χ3v) is 6.42. The van der Waals surface area contributed by atoms with Crippen molar-refractivity contribution in [1.82, 2.24) is 15.1 Å². The van der Waals surface area contributed by atoms with E-state index in [1.54, 1.807) is 38.4 Å². The fourth-order valence-electron chi connectivity index (χ4n) is 4.37. The number of anilines is 2.